The van der Waals surface area contributed by atoms with Crippen molar-refractivity contribution in [3.63, 3.8) is 0 Å². The van der Waals surface area contributed by atoms with Gasteiger partial charge in [-0.2, -0.15) is 0 Å². The first-order valence-corrected chi connectivity index (χ1v) is 7.38. The number of amides is 1. The molecule has 0 heterocycles. The highest BCUT2D eigenvalue weighted by molar-refractivity contribution is 5.92. The number of nitrogens with one attached hydrogen (secondary N) is 1. The van der Waals surface area contributed by atoms with E-state index in [1.807, 2.05) is 34.6 Å². The minimum atomic E-state index is -0.849. The molecule has 0 aliphatic heterocycles. The SMILES string of the molecule is CC(C)Oc1ccc(C(=O)OC(C)C(=O)NC(C)(C)C)cc1. The van der Waals surface area contributed by atoms with E-state index in [1.54, 1.807) is 31.2 Å². The monoisotopic (exact) mass is 307 g/mol. The number of hydrogen-bond donors (Lipinski definition) is 1. The molecule has 1 aromatic carbocycles. The van der Waals surface area contributed by atoms with Crippen molar-refractivity contribution in [2.24, 2.45) is 0 Å². The molecule has 1 amide bonds. The van der Waals surface area contributed by atoms with Crippen LogP contribution in [0.15, 0.2) is 24.3 Å². The van der Waals surface area contributed by atoms with E-state index in [0.29, 0.717) is 11.3 Å². The first-order valence-electron chi connectivity index (χ1n) is 7.38. The van der Waals surface area contributed by atoms with Crippen LogP contribution in [0, 0.1) is 0 Å². The molecule has 0 radical (unpaired) electrons. The van der Waals surface area contributed by atoms with Gasteiger partial charge in [0.2, 0.25) is 0 Å². The highest BCUT2D eigenvalue weighted by Gasteiger charge is 2.22. The van der Waals surface area contributed by atoms with Gasteiger partial charge in [0.25, 0.3) is 5.91 Å². The normalized spacial score (nSPS) is 12.7. The van der Waals surface area contributed by atoms with Crippen LogP contribution in [0.2, 0.25) is 0 Å². The molecule has 0 aliphatic rings. The van der Waals surface area contributed by atoms with Gasteiger partial charge in [-0.1, -0.05) is 0 Å². The van der Waals surface area contributed by atoms with Crippen molar-refractivity contribution >= 4 is 11.9 Å². The van der Waals surface area contributed by atoms with Gasteiger partial charge in [0.15, 0.2) is 6.10 Å². The predicted octanol–water partition coefficient (Wildman–Crippen LogP) is 2.93. The molecule has 0 bridgehead atoms. The molecule has 5 nitrogen and oxygen atoms in total. The van der Waals surface area contributed by atoms with Gasteiger partial charge in [-0.3, -0.25) is 4.79 Å². The summed E-state index contributed by atoms with van der Waals surface area (Å²) in [6.07, 6.45) is -0.780. The molecule has 0 saturated heterocycles. The lowest BCUT2D eigenvalue weighted by Gasteiger charge is -2.23. The molecule has 1 N–H and O–H groups in total. The van der Waals surface area contributed by atoms with E-state index in [0.717, 1.165) is 0 Å². The van der Waals surface area contributed by atoms with Crippen LogP contribution in [0.25, 0.3) is 0 Å². The Bertz CT molecular complexity index is 514. The lowest BCUT2D eigenvalue weighted by Crippen LogP contribution is -2.46. The highest BCUT2D eigenvalue weighted by Crippen LogP contribution is 2.15. The van der Waals surface area contributed by atoms with Crippen molar-refractivity contribution in [2.45, 2.75) is 59.3 Å². The van der Waals surface area contributed by atoms with E-state index < -0.39 is 12.1 Å². The van der Waals surface area contributed by atoms with Crippen molar-refractivity contribution in [2.75, 3.05) is 0 Å². The molecule has 0 fully saturated rings. The third kappa shape index (κ3) is 6.16. The lowest BCUT2D eigenvalue weighted by molar-refractivity contribution is -0.130. The summed E-state index contributed by atoms with van der Waals surface area (Å²) < 4.78 is 10.7. The van der Waals surface area contributed by atoms with Gasteiger partial charge >= 0.3 is 5.97 Å². The fourth-order valence-electron chi connectivity index (χ4n) is 1.70. The number of ether oxygens (including phenoxy) is 2. The van der Waals surface area contributed by atoms with Crippen LogP contribution in [0.5, 0.6) is 5.75 Å². The molecule has 0 aromatic heterocycles. The lowest BCUT2D eigenvalue weighted by atomic mass is 10.1. The first kappa shape index (κ1) is 18.0. The molecular weight excluding hydrogens is 282 g/mol. The summed E-state index contributed by atoms with van der Waals surface area (Å²) in [5, 5.41) is 2.77. The van der Waals surface area contributed by atoms with Crippen LogP contribution in [0.3, 0.4) is 0 Å². The average Bonchev–Trinajstić information content (AvgIpc) is 2.36. The highest BCUT2D eigenvalue weighted by atomic mass is 16.5. The topological polar surface area (TPSA) is 64.6 Å². The Morgan fingerprint density at radius 3 is 2.05 bits per heavy atom. The average molecular weight is 307 g/mol. The van der Waals surface area contributed by atoms with E-state index >= 15 is 0 Å². The molecule has 0 saturated carbocycles. The van der Waals surface area contributed by atoms with Gasteiger partial charge < -0.3 is 14.8 Å². The summed E-state index contributed by atoms with van der Waals surface area (Å²) in [6.45, 7) is 11.0. The fraction of sp³-hybridized carbons (Fsp3) is 0.529. The Hall–Kier alpha value is -2.04. The van der Waals surface area contributed by atoms with Crippen LogP contribution in [0.1, 0.15) is 51.9 Å². The maximum Gasteiger partial charge on any atom is 0.338 e. The standard InChI is InChI=1S/C17H25NO4/c1-11(2)21-14-9-7-13(8-10-14)16(20)22-12(3)15(19)18-17(4,5)6/h7-12H,1-6H3,(H,18,19). The molecule has 1 unspecified atom stereocenters. The van der Waals surface area contributed by atoms with E-state index in [-0.39, 0.29) is 17.6 Å². The molecule has 122 valence electrons. The number of carbonyl (C=O) groups is 2. The van der Waals surface area contributed by atoms with Crippen molar-refractivity contribution in [1.82, 2.24) is 5.32 Å². The Labute approximate surface area is 132 Å². The molecule has 1 rings (SSSR count). The molecule has 0 aliphatic carbocycles. The largest absolute Gasteiger partial charge is 0.491 e. The fourth-order valence-corrected chi connectivity index (χ4v) is 1.70. The van der Waals surface area contributed by atoms with Crippen LogP contribution in [-0.4, -0.2) is 29.6 Å². The molecule has 1 atom stereocenters. The third-order valence-corrected chi connectivity index (χ3v) is 2.61. The van der Waals surface area contributed by atoms with Gasteiger partial charge in [-0.15, -0.1) is 0 Å². The Morgan fingerprint density at radius 2 is 1.59 bits per heavy atom. The number of benzene rings is 1. The Kier molecular flexibility index (Phi) is 5.97. The van der Waals surface area contributed by atoms with Gasteiger partial charge in [-0.05, 0) is 65.8 Å². The van der Waals surface area contributed by atoms with Crippen LogP contribution in [-0.2, 0) is 9.53 Å². The zero-order chi connectivity index (χ0) is 16.9. The minimum absolute atomic E-state index is 0.0684. The summed E-state index contributed by atoms with van der Waals surface area (Å²) in [7, 11) is 0. The van der Waals surface area contributed by atoms with Crippen LogP contribution >= 0.6 is 0 Å². The second-order valence-electron chi connectivity index (χ2n) is 6.48. The van der Waals surface area contributed by atoms with E-state index in [1.165, 1.54) is 0 Å². The zero-order valence-electron chi connectivity index (χ0n) is 14.1. The van der Waals surface area contributed by atoms with Gasteiger partial charge in [0, 0.05) is 5.54 Å². The van der Waals surface area contributed by atoms with Crippen molar-refractivity contribution in [1.29, 1.82) is 0 Å². The molecule has 22 heavy (non-hydrogen) atoms. The van der Waals surface area contributed by atoms with E-state index in [2.05, 4.69) is 5.32 Å². The second kappa shape index (κ2) is 7.29. The maximum atomic E-state index is 12.0. The summed E-state index contributed by atoms with van der Waals surface area (Å²) in [5.41, 5.74) is 0.0136. The molecule has 5 heteroatoms. The van der Waals surface area contributed by atoms with Crippen LogP contribution < -0.4 is 10.1 Å². The van der Waals surface area contributed by atoms with E-state index in [4.69, 9.17) is 9.47 Å². The molecular formula is C17H25NO4. The zero-order valence-corrected chi connectivity index (χ0v) is 14.1. The second-order valence-corrected chi connectivity index (χ2v) is 6.48. The first-order chi connectivity index (χ1) is 10.1. The molecule has 1 aromatic rings. The summed E-state index contributed by atoms with van der Waals surface area (Å²) in [6, 6.07) is 6.65. The number of rotatable bonds is 5. The Balaban J connectivity index is 2.63. The summed E-state index contributed by atoms with van der Waals surface area (Å²) >= 11 is 0. The van der Waals surface area contributed by atoms with Gasteiger partial charge in [-0.25, -0.2) is 4.79 Å². The number of hydrogen-bond acceptors (Lipinski definition) is 4. The van der Waals surface area contributed by atoms with Crippen molar-refractivity contribution < 1.29 is 19.1 Å². The third-order valence-electron chi connectivity index (χ3n) is 2.61. The van der Waals surface area contributed by atoms with Crippen LogP contribution in [0.4, 0.5) is 0 Å². The molecule has 0 spiro atoms. The number of carbonyl (C=O) groups excluding carboxylic acids is 2. The quantitative estimate of drug-likeness (QED) is 0.849. The van der Waals surface area contributed by atoms with Crippen molar-refractivity contribution in [3.05, 3.63) is 29.8 Å². The number of esters is 1. The van der Waals surface area contributed by atoms with Crippen molar-refractivity contribution in [3.8, 4) is 5.75 Å². The van der Waals surface area contributed by atoms with Gasteiger partial charge in [0.05, 0.1) is 11.7 Å². The smallest absolute Gasteiger partial charge is 0.338 e. The Morgan fingerprint density at radius 1 is 1.05 bits per heavy atom. The van der Waals surface area contributed by atoms with E-state index in [9.17, 15) is 9.59 Å². The summed E-state index contributed by atoms with van der Waals surface area (Å²) in [5.74, 6) is -0.168. The summed E-state index contributed by atoms with van der Waals surface area (Å²) in [4.78, 5) is 23.9. The maximum absolute atomic E-state index is 12.0. The minimum Gasteiger partial charge on any atom is -0.491 e. The van der Waals surface area contributed by atoms with Gasteiger partial charge in [0.1, 0.15) is 5.75 Å². The predicted molar refractivity (Wildman–Crippen MR) is 85.0 cm³/mol.